The van der Waals surface area contributed by atoms with Crippen LogP contribution >= 0.6 is 11.6 Å². The Bertz CT molecular complexity index is 928. The minimum absolute atomic E-state index is 0.111. The number of ether oxygens (including phenoxy) is 1. The zero-order valence-electron chi connectivity index (χ0n) is 15.1. The molecule has 7 heteroatoms. The van der Waals surface area contributed by atoms with Gasteiger partial charge in [-0.2, -0.15) is 0 Å². The van der Waals surface area contributed by atoms with Crippen molar-refractivity contribution in [2.45, 2.75) is 30.9 Å². The Hall–Kier alpha value is -2.44. The Morgan fingerprint density at radius 1 is 1.41 bits per heavy atom. The van der Waals surface area contributed by atoms with E-state index in [0.717, 1.165) is 24.0 Å². The number of hydrogen-bond donors (Lipinski definition) is 1. The molecule has 1 spiro atoms. The lowest BCUT2D eigenvalue weighted by Crippen LogP contribution is -2.58. The molecule has 1 aliphatic heterocycles. The number of hydrogen-bond acceptors (Lipinski definition) is 5. The summed E-state index contributed by atoms with van der Waals surface area (Å²) in [5.41, 5.74) is 7.24. The topological polar surface area (TPSA) is 81.3 Å². The molecule has 1 amide bonds. The van der Waals surface area contributed by atoms with Crippen LogP contribution in [0, 0.1) is 0 Å². The summed E-state index contributed by atoms with van der Waals surface area (Å²) in [6.45, 7) is 6.61. The smallest absolute Gasteiger partial charge is 0.246 e. The van der Waals surface area contributed by atoms with Crippen LogP contribution in [0.3, 0.4) is 0 Å². The molecular weight excluding hydrogens is 364 g/mol. The van der Waals surface area contributed by atoms with E-state index in [1.165, 1.54) is 6.08 Å². The highest BCUT2D eigenvalue weighted by Crippen LogP contribution is 2.48. The van der Waals surface area contributed by atoms with E-state index in [9.17, 15) is 4.79 Å². The molecule has 1 saturated carbocycles. The molecule has 4 rings (SSSR count). The third-order valence-corrected chi connectivity index (χ3v) is 5.66. The van der Waals surface area contributed by atoms with Crippen molar-refractivity contribution in [1.82, 2.24) is 14.9 Å². The lowest BCUT2D eigenvalue weighted by Gasteiger charge is -2.48. The summed E-state index contributed by atoms with van der Waals surface area (Å²) in [6, 6.07) is 7.44. The van der Waals surface area contributed by atoms with Crippen LogP contribution in [-0.2, 0) is 15.1 Å². The second-order valence-electron chi connectivity index (χ2n) is 7.40. The quantitative estimate of drug-likeness (QED) is 0.822. The van der Waals surface area contributed by atoms with Crippen LogP contribution in [0.25, 0.3) is 11.3 Å². The van der Waals surface area contributed by atoms with Gasteiger partial charge in [-0.05, 0) is 55.7 Å². The first-order valence-electron chi connectivity index (χ1n) is 8.83. The highest BCUT2D eigenvalue weighted by atomic mass is 35.5. The molecule has 2 heterocycles. The number of morpholine rings is 1. The number of aromatic nitrogens is 2. The number of benzene rings is 1. The second-order valence-corrected chi connectivity index (χ2v) is 7.84. The summed E-state index contributed by atoms with van der Waals surface area (Å²) in [5.74, 6) is 0.0836. The third kappa shape index (κ3) is 3.19. The first kappa shape index (κ1) is 17.9. The molecule has 6 nitrogen and oxygen atoms in total. The summed E-state index contributed by atoms with van der Waals surface area (Å²) in [6.07, 6.45) is 4.92. The summed E-state index contributed by atoms with van der Waals surface area (Å²) >= 11 is 6.41. The third-order valence-electron chi connectivity index (χ3n) is 5.44. The van der Waals surface area contributed by atoms with Gasteiger partial charge in [0.1, 0.15) is 0 Å². The highest BCUT2D eigenvalue weighted by molar-refractivity contribution is 6.31. The largest absolute Gasteiger partial charge is 0.370 e. The first-order valence-corrected chi connectivity index (χ1v) is 9.21. The molecule has 27 heavy (non-hydrogen) atoms. The van der Waals surface area contributed by atoms with Crippen LogP contribution < -0.4 is 5.73 Å². The van der Waals surface area contributed by atoms with Crippen molar-refractivity contribution in [3.8, 4) is 11.3 Å². The number of nitrogens with zero attached hydrogens (tertiary/aromatic N) is 3. The van der Waals surface area contributed by atoms with E-state index in [2.05, 4.69) is 16.5 Å². The molecule has 1 aromatic carbocycles. The maximum atomic E-state index is 12.6. The van der Waals surface area contributed by atoms with E-state index >= 15 is 0 Å². The molecule has 2 fully saturated rings. The molecule has 0 radical (unpaired) electrons. The van der Waals surface area contributed by atoms with Gasteiger partial charge in [0.05, 0.1) is 30.0 Å². The van der Waals surface area contributed by atoms with Crippen LogP contribution in [0.1, 0.15) is 25.3 Å². The Morgan fingerprint density at radius 2 is 2.19 bits per heavy atom. The predicted molar refractivity (Wildman–Crippen MR) is 104 cm³/mol. The number of halogens is 1. The first-order chi connectivity index (χ1) is 12.8. The van der Waals surface area contributed by atoms with Crippen molar-refractivity contribution in [2.75, 3.05) is 18.9 Å². The Kier molecular flexibility index (Phi) is 4.20. The average molecular weight is 385 g/mol. The predicted octanol–water partition coefficient (Wildman–Crippen LogP) is 3.17. The SMILES string of the molecule is C=CC(=O)N1CC2(CC2)OCC1(C)c1cc(Cl)cc(-c2ccnc(N)n2)c1. The lowest BCUT2D eigenvalue weighted by molar-refractivity contribution is -0.157. The minimum atomic E-state index is -0.655. The number of anilines is 1. The van der Waals surface area contributed by atoms with Gasteiger partial charge in [-0.25, -0.2) is 9.97 Å². The van der Waals surface area contributed by atoms with Crippen molar-refractivity contribution >= 4 is 23.5 Å². The molecule has 2 N–H and O–H groups in total. The molecule has 2 aromatic rings. The number of carbonyl (C=O) groups excluding carboxylic acids is 1. The zero-order chi connectivity index (χ0) is 19.2. The Balaban J connectivity index is 1.78. The van der Waals surface area contributed by atoms with Crippen LogP contribution in [0.5, 0.6) is 0 Å². The fourth-order valence-corrected chi connectivity index (χ4v) is 3.81. The number of nitrogens with two attached hydrogens (primary N) is 1. The van der Waals surface area contributed by atoms with Crippen LogP contribution in [0.2, 0.25) is 5.02 Å². The normalized spacial score (nSPS) is 23.3. The fourth-order valence-electron chi connectivity index (χ4n) is 3.58. The standard InChI is InChI=1S/C20H21ClN4O2/c1-3-17(26)25-11-20(5-6-20)27-12-19(25,2)14-8-13(9-15(21)10-14)16-4-7-23-18(22)24-16/h3-4,7-10H,1,5-6,11-12H2,2H3,(H2,22,23,24). The fraction of sp³-hybridized carbons (Fsp3) is 0.350. The van der Waals surface area contributed by atoms with Gasteiger partial charge < -0.3 is 15.4 Å². The van der Waals surface area contributed by atoms with E-state index in [-0.39, 0.29) is 17.5 Å². The maximum absolute atomic E-state index is 12.6. The van der Waals surface area contributed by atoms with Crippen molar-refractivity contribution in [3.63, 3.8) is 0 Å². The monoisotopic (exact) mass is 384 g/mol. The molecule has 1 unspecified atom stereocenters. The van der Waals surface area contributed by atoms with Gasteiger partial charge in [0.25, 0.3) is 0 Å². The molecule has 1 saturated heterocycles. The van der Waals surface area contributed by atoms with Gasteiger partial charge in [0.15, 0.2) is 0 Å². The van der Waals surface area contributed by atoms with Crippen molar-refractivity contribution in [3.05, 3.63) is 53.7 Å². The lowest BCUT2D eigenvalue weighted by atomic mass is 9.87. The summed E-state index contributed by atoms with van der Waals surface area (Å²) in [5, 5.41) is 0.554. The molecule has 140 valence electrons. The van der Waals surface area contributed by atoms with Crippen molar-refractivity contribution in [2.24, 2.45) is 0 Å². The number of rotatable bonds is 3. The molecular formula is C20H21ClN4O2. The van der Waals surface area contributed by atoms with Crippen LogP contribution in [-0.4, -0.2) is 39.5 Å². The van der Waals surface area contributed by atoms with Gasteiger partial charge in [0, 0.05) is 16.8 Å². The molecule has 1 aliphatic carbocycles. The minimum Gasteiger partial charge on any atom is -0.370 e. The van der Waals surface area contributed by atoms with Gasteiger partial charge >= 0.3 is 0 Å². The highest BCUT2D eigenvalue weighted by Gasteiger charge is 2.54. The van der Waals surface area contributed by atoms with Gasteiger partial charge in [-0.1, -0.05) is 18.2 Å². The van der Waals surface area contributed by atoms with Crippen LogP contribution in [0.4, 0.5) is 5.95 Å². The number of amides is 1. The Labute approximate surface area is 163 Å². The summed E-state index contributed by atoms with van der Waals surface area (Å²) < 4.78 is 6.16. The number of nitrogen functional groups attached to an aromatic ring is 1. The van der Waals surface area contributed by atoms with E-state index in [1.807, 2.05) is 30.0 Å². The van der Waals surface area contributed by atoms with E-state index in [4.69, 9.17) is 22.1 Å². The van der Waals surface area contributed by atoms with E-state index < -0.39 is 5.54 Å². The van der Waals surface area contributed by atoms with Crippen molar-refractivity contribution in [1.29, 1.82) is 0 Å². The summed E-state index contributed by atoms with van der Waals surface area (Å²) in [7, 11) is 0. The number of carbonyl (C=O) groups is 1. The molecule has 1 aromatic heterocycles. The summed E-state index contributed by atoms with van der Waals surface area (Å²) in [4.78, 5) is 22.7. The molecule has 0 bridgehead atoms. The van der Waals surface area contributed by atoms with Crippen LogP contribution in [0.15, 0.2) is 43.1 Å². The zero-order valence-corrected chi connectivity index (χ0v) is 15.9. The maximum Gasteiger partial charge on any atom is 0.246 e. The van der Waals surface area contributed by atoms with Gasteiger partial charge in [-0.3, -0.25) is 4.79 Å². The second kappa shape index (κ2) is 6.32. The molecule has 2 aliphatic rings. The average Bonchev–Trinajstić information content (AvgIpc) is 3.42. The van der Waals surface area contributed by atoms with Gasteiger partial charge in [-0.15, -0.1) is 0 Å². The Morgan fingerprint density at radius 3 is 2.85 bits per heavy atom. The van der Waals surface area contributed by atoms with Gasteiger partial charge in [0.2, 0.25) is 11.9 Å². The molecule has 1 atom stereocenters. The van der Waals surface area contributed by atoms with Crippen molar-refractivity contribution < 1.29 is 9.53 Å². The van der Waals surface area contributed by atoms with E-state index in [0.29, 0.717) is 23.9 Å². The van der Waals surface area contributed by atoms with E-state index in [1.54, 1.807) is 12.3 Å².